The number of thiophene rings is 1. The van der Waals surface area contributed by atoms with E-state index in [0.717, 1.165) is 24.8 Å². The fraction of sp³-hybridized carbons (Fsp3) is 0.412. The molecule has 1 N–H and O–H groups in total. The number of furan rings is 1. The zero-order valence-corrected chi connectivity index (χ0v) is 14.2. The summed E-state index contributed by atoms with van der Waals surface area (Å²) in [5, 5.41) is 3.43. The van der Waals surface area contributed by atoms with E-state index < -0.39 is 5.97 Å². The van der Waals surface area contributed by atoms with Crippen molar-refractivity contribution in [1.82, 2.24) is 0 Å². The molecule has 1 aliphatic carbocycles. The van der Waals surface area contributed by atoms with Crippen LogP contribution in [0.1, 0.15) is 50.3 Å². The lowest BCUT2D eigenvalue weighted by Gasteiger charge is -2.18. The van der Waals surface area contributed by atoms with E-state index in [-0.39, 0.29) is 5.91 Å². The smallest absolute Gasteiger partial charge is 0.341 e. The highest BCUT2D eigenvalue weighted by Crippen LogP contribution is 2.40. The third-order valence-electron chi connectivity index (χ3n) is 4.23. The van der Waals surface area contributed by atoms with Gasteiger partial charge in [-0.1, -0.05) is 6.92 Å². The molecule has 0 bridgehead atoms. The van der Waals surface area contributed by atoms with E-state index in [2.05, 4.69) is 12.2 Å². The van der Waals surface area contributed by atoms with Gasteiger partial charge in [-0.2, -0.15) is 0 Å². The normalized spacial score (nSPS) is 16.7. The molecule has 0 aromatic carbocycles. The number of rotatable bonds is 3. The van der Waals surface area contributed by atoms with E-state index in [1.807, 2.05) is 0 Å². The van der Waals surface area contributed by atoms with Crippen molar-refractivity contribution in [3.05, 3.63) is 39.7 Å². The quantitative estimate of drug-likeness (QED) is 0.867. The van der Waals surface area contributed by atoms with Crippen molar-refractivity contribution in [2.24, 2.45) is 5.92 Å². The van der Waals surface area contributed by atoms with Gasteiger partial charge in [0.15, 0.2) is 0 Å². The highest BCUT2D eigenvalue weighted by molar-refractivity contribution is 7.17. The molecule has 0 spiro atoms. The maximum Gasteiger partial charge on any atom is 0.341 e. The summed E-state index contributed by atoms with van der Waals surface area (Å²) >= 11 is 1.48. The van der Waals surface area contributed by atoms with Crippen LogP contribution in [-0.2, 0) is 17.6 Å². The van der Waals surface area contributed by atoms with Crippen molar-refractivity contribution < 1.29 is 18.7 Å². The number of hydrogen-bond acceptors (Lipinski definition) is 5. The second-order valence-corrected chi connectivity index (χ2v) is 7.00. The number of methoxy groups -OCH3 is 1. The first-order valence-corrected chi connectivity index (χ1v) is 8.41. The minimum atomic E-state index is -0.392. The Morgan fingerprint density at radius 1 is 1.43 bits per heavy atom. The van der Waals surface area contributed by atoms with E-state index in [1.165, 1.54) is 29.6 Å². The first-order valence-electron chi connectivity index (χ1n) is 7.59. The van der Waals surface area contributed by atoms with Gasteiger partial charge in [0.2, 0.25) is 0 Å². The number of carbonyl (C=O) groups excluding carboxylic acids is 2. The van der Waals surface area contributed by atoms with Crippen LogP contribution in [0.15, 0.2) is 16.7 Å². The Morgan fingerprint density at radius 2 is 2.22 bits per heavy atom. The van der Waals surface area contributed by atoms with Crippen LogP contribution in [-0.4, -0.2) is 19.0 Å². The topological polar surface area (TPSA) is 68.5 Å². The summed E-state index contributed by atoms with van der Waals surface area (Å²) in [6, 6.07) is 1.62. The highest BCUT2D eigenvalue weighted by atomic mass is 32.1. The lowest BCUT2D eigenvalue weighted by atomic mass is 9.88. The standard InChI is InChI=1S/C17H19NO4S/c1-9-4-5-12-13(8-9)23-16(14(12)17(20)21-3)18-15(19)11-6-7-22-10(11)2/h6-7,9H,4-5,8H2,1-3H3,(H,18,19). The molecule has 122 valence electrons. The van der Waals surface area contributed by atoms with Gasteiger partial charge < -0.3 is 14.5 Å². The summed E-state index contributed by atoms with van der Waals surface area (Å²) in [7, 11) is 1.36. The number of fused-ring (bicyclic) bond motifs is 1. The molecule has 1 aliphatic rings. The molecule has 2 heterocycles. The molecule has 0 fully saturated rings. The van der Waals surface area contributed by atoms with Crippen LogP contribution in [0.2, 0.25) is 0 Å². The summed E-state index contributed by atoms with van der Waals surface area (Å²) < 4.78 is 10.1. The van der Waals surface area contributed by atoms with Crippen LogP contribution in [0.5, 0.6) is 0 Å². The third-order valence-corrected chi connectivity index (χ3v) is 5.40. The molecular weight excluding hydrogens is 314 g/mol. The van der Waals surface area contributed by atoms with Crippen molar-refractivity contribution >= 4 is 28.2 Å². The second kappa shape index (κ2) is 6.20. The average molecular weight is 333 g/mol. The van der Waals surface area contributed by atoms with Crippen molar-refractivity contribution in [1.29, 1.82) is 0 Å². The number of carbonyl (C=O) groups is 2. The molecular formula is C17H19NO4S. The summed E-state index contributed by atoms with van der Waals surface area (Å²) in [5.41, 5.74) is 2.01. The number of aryl methyl sites for hydroxylation is 1. The Hall–Kier alpha value is -2.08. The maximum absolute atomic E-state index is 12.4. The number of esters is 1. The summed E-state index contributed by atoms with van der Waals surface area (Å²) in [4.78, 5) is 25.8. The number of ether oxygens (including phenoxy) is 1. The van der Waals surface area contributed by atoms with Crippen molar-refractivity contribution in [2.45, 2.75) is 33.1 Å². The lowest BCUT2D eigenvalue weighted by molar-refractivity contribution is 0.0601. The van der Waals surface area contributed by atoms with Gasteiger partial charge in [0.05, 0.1) is 24.5 Å². The Kier molecular flexibility index (Phi) is 4.26. The minimum Gasteiger partial charge on any atom is -0.469 e. The van der Waals surface area contributed by atoms with Gasteiger partial charge in [-0.15, -0.1) is 11.3 Å². The van der Waals surface area contributed by atoms with Crippen LogP contribution < -0.4 is 5.32 Å². The summed E-state index contributed by atoms with van der Waals surface area (Å²) in [6.07, 6.45) is 4.30. The highest BCUT2D eigenvalue weighted by Gasteiger charge is 2.29. The third kappa shape index (κ3) is 2.91. The second-order valence-electron chi connectivity index (χ2n) is 5.89. The van der Waals surface area contributed by atoms with Crippen LogP contribution in [0, 0.1) is 12.8 Å². The molecule has 0 saturated heterocycles. The summed E-state index contributed by atoms with van der Waals surface area (Å²) in [6.45, 7) is 3.94. The molecule has 1 unspecified atom stereocenters. The van der Waals surface area contributed by atoms with Gasteiger partial charge in [0, 0.05) is 4.88 Å². The van der Waals surface area contributed by atoms with Gasteiger partial charge in [0.1, 0.15) is 10.8 Å². The molecule has 1 atom stereocenters. The molecule has 2 aromatic rings. The van der Waals surface area contributed by atoms with Crippen molar-refractivity contribution in [2.75, 3.05) is 12.4 Å². The van der Waals surface area contributed by atoms with E-state index in [0.29, 0.717) is 27.8 Å². The Balaban J connectivity index is 1.97. The van der Waals surface area contributed by atoms with Gasteiger partial charge in [0.25, 0.3) is 5.91 Å². The van der Waals surface area contributed by atoms with Gasteiger partial charge in [-0.3, -0.25) is 4.79 Å². The van der Waals surface area contributed by atoms with E-state index >= 15 is 0 Å². The Bertz CT molecular complexity index is 759. The van der Waals surface area contributed by atoms with Crippen molar-refractivity contribution in [3.63, 3.8) is 0 Å². The maximum atomic E-state index is 12.4. The first kappa shape index (κ1) is 15.8. The monoisotopic (exact) mass is 333 g/mol. The van der Waals surface area contributed by atoms with Gasteiger partial charge in [-0.05, 0) is 43.7 Å². The predicted molar refractivity (Wildman–Crippen MR) is 88.2 cm³/mol. The summed E-state index contributed by atoms with van der Waals surface area (Å²) in [5.74, 6) is 0.479. The van der Waals surface area contributed by atoms with Crippen LogP contribution in [0.3, 0.4) is 0 Å². The zero-order valence-electron chi connectivity index (χ0n) is 13.4. The number of amides is 1. The fourth-order valence-electron chi connectivity index (χ4n) is 2.95. The Morgan fingerprint density at radius 3 is 2.87 bits per heavy atom. The zero-order chi connectivity index (χ0) is 16.6. The van der Waals surface area contributed by atoms with Crippen LogP contribution in [0.25, 0.3) is 0 Å². The van der Waals surface area contributed by atoms with Gasteiger partial charge in [-0.25, -0.2) is 4.79 Å². The Labute approximate surface area is 138 Å². The SMILES string of the molecule is COC(=O)c1c(NC(=O)c2ccoc2C)sc2c1CCC(C)C2. The molecule has 0 saturated carbocycles. The van der Waals surface area contributed by atoms with E-state index in [1.54, 1.807) is 13.0 Å². The minimum absolute atomic E-state index is 0.270. The fourth-order valence-corrected chi connectivity index (χ4v) is 4.34. The molecule has 0 aliphatic heterocycles. The molecule has 6 heteroatoms. The number of hydrogen-bond donors (Lipinski definition) is 1. The molecule has 1 amide bonds. The van der Waals surface area contributed by atoms with E-state index in [4.69, 9.17) is 9.15 Å². The first-order chi connectivity index (χ1) is 11.0. The van der Waals surface area contributed by atoms with Crippen LogP contribution >= 0.6 is 11.3 Å². The molecule has 2 aromatic heterocycles. The molecule has 0 radical (unpaired) electrons. The molecule has 5 nitrogen and oxygen atoms in total. The number of nitrogens with one attached hydrogen (secondary N) is 1. The molecule has 3 rings (SSSR count). The van der Waals surface area contributed by atoms with Crippen molar-refractivity contribution in [3.8, 4) is 0 Å². The lowest BCUT2D eigenvalue weighted by Crippen LogP contribution is -2.16. The number of anilines is 1. The average Bonchev–Trinajstić information content (AvgIpc) is 3.09. The van der Waals surface area contributed by atoms with E-state index in [9.17, 15) is 9.59 Å². The van der Waals surface area contributed by atoms with Crippen LogP contribution in [0.4, 0.5) is 5.00 Å². The predicted octanol–water partition coefficient (Wildman–Crippen LogP) is 3.81. The molecule has 23 heavy (non-hydrogen) atoms. The van der Waals surface area contributed by atoms with Gasteiger partial charge >= 0.3 is 5.97 Å². The largest absolute Gasteiger partial charge is 0.469 e.